The number of phenols is 3. The number of hydrogen-bond donors (Lipinski definition) is 3. The summed E-state index contributed by atoms with van der Waals surface area (Å²) in [4.78, 5) is 29.0. The molecule has 0 saturated heterocycles. The molecule has 0 bridgehead atoms. The molecule has 43 heavy (non-hydrogen) atoms. The molecule has 5 heteroatoms. The van der Waals surface area contributed by atoms with E-state index in [1.54, 1.807) is 24.3 Å². The predicted octanol–water partition coefficient (Wildman–Crippen LogP) is 8.98. The van der Waals surface area contributed by atoms with Crippen LogP contribution in [-0.2, 0) is 21.7 Å². The van der Waals surface area contributed by atoms with Crippen molar-refractivity contribution in [3.8, 4) is 17.2 Å². The van der Waals surface area contributed by atoms with Crippen molar-refractivity contribution >= 4 is 22.7 Å². The number of aromatic hydroxyl groups is 3. The summed E-state index contributed by atoms with van der Waals surface area (Å²) < 4.78 is 0. The molecule has 0 unspecified atom stereocenters. The number of rotatable bonds is 2. The number of ketones is 2. The van der Waals surface area contributed by atoms with Crippen molar-refractivity contribution < 1.29 is 24.9 Å². The monoisotopic (exact) mass is 582 g/mol. The van der Waals surface area contributed by atoms with Crippen LogP contribution in [0.4, 0.5) is 0 Å². The van der Waals surface area contributed by atoms with Crippen molar-refractivity contribution in [2.45, 2.75) is 105 Å². The third kappa shape index (κ3) is 5.62. The second kappa shape index (κ2) is 10.1. The number of benzene rings is 3. The van der Waals surface area contributed by atoms with E-state index in [1.807, 2.05) is 95.2 Å². The molecule has 3 aromatic rings. The maximum absolute atomic E-state index is 14.5. The summed E-state index contributed by atoms with van der Waals surface area (Å²) in [5, 5.41) is 33.7. The molecular weight excluding hydrogens is 536 g/mol. The Morgan fingerprint density at radius 3 is 1.14 bits per heavy atom. The third-order valence-corrected chi connectivity index (χ3v) is 8.25. The van der Waals surface area contributed by atoms with E-state index in [2.05, 4.69) is 0 Å². The van der Waals surface area contributed by atoms with Crippen molar-refractivity contribution in [3.63, 3.8) is 0 Å². The van der Waals surface area contributed by atoms with Crippen LogP contribution in [0.15, 0.2) is 42.5 Å². The standard InChI is InChI=1S/C38H46O5/c1-35(2,3)23-16-20(17-24(32(23)41)36(4,5)6)28-29(34(43)30-22(31(28)40)14-13-15-27(30)39)21-18-25(37(7,8)9)33(42)26(19-21)38(10,11)12/h13-19,39,41-42H,1-12H3. The van der Waals surface area contributed by atoms with E-state index < -0.39 is 27.4 Å². The van der Waals surface area contributed by atoms with Crippen LogP contribution >= 0.6 is 0 Å². The lowest BCUT2D eigenvalue weighted by atomic mass is 9.72. The quantitative estimate of drug-likeness (QED) is 0.280. The zero-order valence-electron chi connectivity index (χ0n) is 27.7. The molecule has 0 saturated carbocycles. The minimum Gasteiger partial charge on any atom is -0.507 e. The fourth-order valence-electron chi connectivity index (χ4n) is 5.85. The average molecular weight is 583 g/mol. The van der Waals surface area contributed by atoms with E-state index in [4.69, 9.17) is 0 Å². The Morgan fingerprint density at radius 2 is 0.814 bits per heavy atom. The fraction of sp³-hybridized carbons (Fsp3) is 0.421. The summed E-state index contributed by atoms with van der Waals surface area (Å²) in [6.07, 6.45) is 0. The van der Waals surface area contributed by atoms with Gasteiger partial charge in [-0.2, -0.15) is 0 Å². The van der Waals surface area contributed by atoms with E-state index >= 15 is 0 Å². The van der Waals surface area contributed by atoms with Gasteiger partial charge in [-0.1, -0.05) is 95.2 Å². The molecule has 1 aliphatic rings. The Bertz CT molecular complexity index is 1620. The molecule has 0 aliphatic heterocycles. The fourth-order valence-corrected chi connectivity index (χ4v) is 5.85. The van der Waals surface area contributed by atoms with E-state index in [0.717, 1.165) is 0 Å². The van der Waals surface area contributed by atoms with Gasteiger partial charge in [0.1, 0.15) is 17.2 Å². The Morgan fingerprint density at radius 1 is 0.488 bits per heavy atom. The molecule has 3 aromatic carbocycles. The second-order valence-electron chi connectivity index (χ2n) is 15.9. The van der Waals surface area contributed by atoms with Crippen molar-refractivity contribution in [1.82, 2.24) is 0 Å². The molecule has 0 aromatic heterocycles. The molecule has 0 radical (unpaired) electrons. The molecule has 228 valence electrons. The van der Waals surface area contributed by atoms with Gasteiger partial charge in [-0.05, 0) is 63.1 Å². The van der Waals surface area contributed by atoms with Gasteiger partial charge in [0, 0.05) is 39.0 Å². The van der Waals surface area contributed by atoms with E-state index in [0.29, 0.717) is 33.4 Å². The van der Waals surface area contributed by atoms with Crippen molar-refractivity contribution in [2.75, 3.05) is 0 Å². The van der Waals surface area contributed by atoms with Gasteiger partial charge in [-0.15, -0.1) is 0 Å². The summed E-state index contributed by atoms with van der Waals surface area (Å²) in [5.74, 6) is -0.759. The smallest absolute Gasteiger partial charge is 0.198 e. The molecule has 0 atom stereocenters. The van der Waals surface area contributed by atoms with Gasteiger partial charge in [0.15, 0.2) is 11.6 Å². The first kappa shape index (κ1) is 32.1. The lowest BCUT2D eigenvalue weighted by Crippen LogP contribution is -2.24. The van der Waals surface area contributed by atoms with Gasteiger partial charge in [-0.25, -0.2) is 0 Å². The molecule has 0 spiro atoms. The maximum atomic E-state index is 14.5. The maximum Gasteiger partial charge on any atom is 0.198 e. The van der Waals surface area contributed by atoms with Crippen LogP contribution < -0.4 is 0 Å². The van der Waals surface area contributed by atoms with Gasteiger partial charge in [0.05, 0.1) is 5.56 Å². The Balaban J connectivity index is 2.26. The molecule has 0 heterocycles. The predicted molar refractivity (Wildman–Crippen MR) is 175 cm³/mol. The molecule has 5 nitrogen and oxygen atoms in total. The largest absolute Gasteiger partial charge is 0.507 e. The Kier molecular flexibility index (Phi) is 7.54. The highest BCUT2D eigenvalue weighted by molar-refractivity contribution is 6.52. The number of phenolic OH excluding ortho intramolecular Hbond substituents is 3. The molecule has 3 N–H and O–H groups in total. The van der Waals surface area contributed by atoms with Crippen LogP contribution in [0.5, 0.6) is 17.2 Å². The number of carbonyl (C=O) groups is 2. The van der Waals surface area contributed by atoms with Crippen molar-refractivity contribution in [1.29, 1.82) is 0 Å². The molecule has 1 aliphatic carbocycles. The van der Waals surface area contributed by atoms with Crippen LogP contribution in [0.3, 0.4) is 0 Å². The van der Waals surface area contributed by atoms with Crippen LogP contribution in [0, 0.1) is 0 Å². The first-order valence-corrected chi connectivity index (χ1v) is 14.9. The number of carbonyl (C=O) groups excluding carboxylic acids is 2. The first-order chi connectivity index (χ1) is 19.5. The number of allylic oxidation sites excluding steroid dienone is 2. The number of fused-ring (bicyclic) bond motifs is 1. The lowest BCUT2D eigenvalue weighted by molar-refractivity contribution is 0.101. The SMILES string of the molecule is CC(C)(C)c1cc(C2=C(c3cc(C(C)(C)C)c(O)c(C(C)(C)C)c3)C(=O)c3c(O)cccc3C2=O)cc(C(C)(C)C)c1O. The van der Waals surface area contributed by atoms with Gasteiger partial charge in [-0.3, -0.25) is 9.59 Å². The van der Waals surface area contributed by atoms with Crippen molar-refractivity contribution in [3.05, 3.63) is 87.0 Å². The summed E-state index contributed by atoms with van der Waals surface area (Å²) in [7, 11) is 0. The Hall–Kier alpha value is -3.86. The molecule has 0 fully saturated rings. The number of Topliss-reactive ketones (excluding diaryl/α,β-unsaturated/α-hetero) is 2. The van der Waals surface area contributed by atoms with Crippen LogP contribution in [0.1, 0.15) is 137 Å². The summed E-state index contributed by atoms with van der Waals surface area (Å²) in [5.41, 5.74) is 2.28. The zero-order valence-corrected chi connectivity index (χ0v) is 27.7. The Labute approximate surface area is 256 Å². The van der Waals surface area contributed by atoms with E-state index in [1.165, 1.54) is 6.07 Å². The summed E-state index contributed by atoms with van der Waals surface area (Å²) >= 11 is 0. The first-order valence-electron chi connectivity index (χ1n) is 14.9. The normalized spacial score (nSPS) is 14.8. The summed E-state index contributed by atoms with van der Waals surface area (Å²) in [6, 6.07) is 11.8. The van der Waals surface area contributed by atoms with Gasteiger partial charge >= 0.3 is 0 Å². The van der Waals surface area contributed by atoms with Gasteiger partial charge < -0.3 is 15.3 Å². The zero-order chi connectivity index (χ0) is 32.6. The number of hydrogen-bond acceptors (Lipinski definition) is 5. The second-order valence-corrected chi connectivity index (χ2v) is 15.9. The minimum atomic E-state index is -0.472. The third-order valence-electron chi connectivity index (χ3n) is 8.25. The van der Waals surface area contributed by atoms with E-state index in [9.17, 15) is 24.9 Å². The molecule has 0 amide bonds. The summed E-state index contributed by atoms with van der Waals surface area (Å²) in [6.45, 7) is 24.0. The highest BCUT2D eigenvalue weighted by atomic mass is 16.3. The minimum absolute atomic E-state index is 0.0280. The topological polar surface area (TPSA) is 94.8 Å². The average Bonchev–Trinajstić information content (AvgIpc) is 2.83. The van der Waals surface area contributed by atoms with Crippen LogP contribution in [0.2, 0.25) is 0 Å². The lowest BCUT2D eigenvalue weighted by Gasteiger charge is -2.31. The highest BCUT2D eigenvalue weighted by Gasteiger charge is 2.39. The highest BCUT2D eigenvalue weighted by Crippen LogP contribution is 2.48. The molecular formula is C38H46O5. The molecule has 4 rings (SSSR count). The van der Waals surface area contributed by atoms with E-state index in [-0.39, 0.29) is 45.3 Å². The van der Waals surface area contributed by atoms with Crippen LogP contribution in [0.25, 0.3) is 11.1 Å². The van der Waals surface area contributed by atoms with Gasteiger partial charge in [0.2, 0.25) is 0 Å². The van der Waals surface area contributed by atoms with Crippen LogP contribution in [-0.4, -0.2) is 26.9 Å². The van der Waals surface area contributed by atoms with Gasteiger partial charge in [0.25, 0.3) is 0 Å². The van der Waals surface area contributed by atoms with Crippen molar-refractivity contribution in [2.24, 2.45) is 0 Å².